The van der Waals surface area contributed by atoms with Crippen molar-refractivity contribution in [2.24, 2.45) is 0 Å². The second-order valence-corrected chi connectivity index (χ2v) is 6.09. The first kappa shape index (κ1) is 11.3. The molecule has 90 valence electrons. The maximum atomic E-state index is 11.6. The topological polar surface area (TPSA) is 20.3 Å². The molecule has 0 aromatic heterocycles. The lowest BCUT2D eigenvalue weighted by atomic mass is 9.99. The molecule has 3 heteroatoms. The second kappa shape index (κ2) is 4.13. The van der Waals surface area contributed by atoms with Gasteiger partial charge in [-0.05, 0) is 43.5 Å². The fourth-order valence-corrected chi connectivity index (χ4v) is 3.75. The molecule has 2 saturated heterocycles. The maximum absolute atomic E-state index is 11.6. The van der Waals surface area contributed by atoms with Crippen LogP contribution in [0.1, 0.15) is 31.2 Å². The number of piperidine rings is 1. The van der Waals surface area contributed by atoms with E-state index in [-0.39, 0.29) is 0 Å². The summed E-state index contributed by atoms with van der Waals surface area (Å²) >= 11 is 3.50. The summed E-state index contributed by atoms with van der Waals surface area (Å²) in [5.74, 6) is 0.448. The van der Waals surface area contributed by atoms with Crippen molar-refractivity contribution in [1.82, 2.24) is 0 Å². The highest BCUT2D eigenvalue weighted by Crippen LogP contribution is 2.39. The number of hydrogen-bond donors (Lipinski definition) is 0. The zero-order valence-corrected chi connectivity index (χ0v) is 11.5. The van der Waals surface area contributed by atoms with Crippen molar-refractivity contribution in [3.05, 3.63) is 28.2 Å². The zero-order valence-electron chi connectivity index (χ0n) is 9.95. The van der Waals surface area contributed by atoms with Gasteiger partial charge in [0.05, 0.1) is 0 Å². The number of anilines is 1. The van der Waals surface area contributed by atoms with Gasteiger partial charge in [0, 0.05) is 35.1 Å². The van der Waals surface area contributed by atoms with Crippen LogP contribution >= 0.6 is 15.9 Å². The van der Waals surface area contributed by atoms with Gasteiger partial charge < -0.3 is 4.90 Å². The smallest absolute Gasteiger partial charge is 0.137 e. The number of hydrogen-bond acceptors (Lipinski definition) is 2. The lowest BCUT2D eigenvalue weighted by Gasteiger charge is -2.37. The van der Waals surface area contributed by atoms with Gasteiger partial charge in [-0.1, -0.05) is 15.9 Å². The summed E-state index contributed by atoms with van der Waals surface area (Å²) in [6.07, 6.45) is 3.83. The Balaban J connectivity index is 1.97. The van der Waals surface area contributed by atoms with Crippen LogP contribution in [0, 0.1) is 6.92 Å². The third-order valence-electron chi connectivity index (χ3n) is 3.98. The van der Waals surface area contributed by atoms with Crippen LogP contribution in [0.5, 0.6) is 0 Å². The predicted octanol–water partition coefficient (Wildman–Crippen LogP) is 3.46. The van der Waals surface area contributed by atoms with Gasteiger partial charge in [0.1, 0.15) is 5.78 Å². The summed E-state index contributed by atoms with van der Waals surface area (Å²) in [5.41, 5.74) is 2.61. The fraction of sp³-hybridized carbons (Fsp3) is 0.500. The van der Waals surface area contributed by atoms with Crippen molar-refractivity contribution in [3.8, 4) is 0 Å². The highest BCUT2D eigenvalue weighted by Gasteiger charge is 2.40. The first-order valence-electron chi connectivity index (χ1n) is 6.21. The molecule has 2 aliphatic rings. The Kier molecular flexibility index (Phi) is 2.74. The van der Waals surface area contributed by atoms with Crippen LogP contribution in [0.25, 0.3) is 0 Å². The number of benzene rings is 1. The minimum Gasteiger partial charge on any atom is -0.364 e. The van der Waals surface area contributed by atoms with Gasteiger partial charge in [-0.15, -0.1) is 0 Å². The Labute approximate surface area is 110 Å². The minimum absolute atomic E-state index is 0.445. The third kappa shape index (κ3) is 1.90. The van der Waals surface area contributed by atoms with Crippen molar-refractivity contribution < 1.29 is 4.79 Å². The van der Waals surface area contributed by atoms with Crippen molar-refractivity contribution in [2.45, 2.75) is 44.7 Å². The molecular formula is C14H16BrNO. The molecule has 0 N–H and O–H groups in total. The van der Waals surface area contributed by atoms with E-state index in [9.17, 15) is 4.79 Å². The Bertz CT molecular complexity index is 455. The van der Waals surface area contributed by atoms with E-state index in [0.717, 1.165) is 17.3 Å². The summed E-state index contributed by atoms with van der Waals surface area (Å²) < 4.78 is 1.12. The molecule has 0 aliphatic carbocycles. The van der Waals surface area contributed by atoms with Crippen LogP contribution in [-0.2, 0) is 4.79 Å². The van der Waals surface area contributed by atoms with Crippen LogP contribution in [0.15, 0.2) is 22.7 Å². The van der Waals surface area contributed by atoms with Crippen LogP contribution in [0.3, 0.4) is 0 Å². The Morgan fingerprint density at radius 1 is 1.24 bits per heavy atom. The average molecular weight is 294 g/mol. The SMILES string of the molecule is Cc1cc(Br)ccc1N1C2CCC1CC(=O)C2. The van der Waals surface area contributed by atoms with Gasteiger partial charge >= 0.3 is 0 Å². The van der Waals surface area contributed by atoms with Crippen LogP contribution < -0.4 is 4.90 Å². The van der Waals surface area contributed by atoms with Crippen molar-refractivity contribution >= 4 is 27.4 Å². The number of rotatable bonds is 1. The molecule has 2 heterocycles. The Hall–Kier alpha value is -0.830. The van der Waals surface area contributed by atoms with Gasteiger partial charge in [0.2, 0.25) is 0 Å². The first-order chi connectivity index (χ1) is 8.15. The predicted molar refractivity (Wildman–Crippen MR) is 72.4 cm³/mol. The average Bonchev–Trinajstić information content (AvgIpc) is 2.53. The molecule has 0 saturated carbocycles. The quantitative estimate of drug-likeness (QED) is 0.790. The molecule has 2 aliphatic heterocycles. The van der Waals surface area contributed by atoms with Gasteiger partial charge in [-0.3, -0.25) is 4.79 Å². The number of carbonyl (C=O) groups excluding carboxylic acids is 1. The van der Waals surface area contributed by atoms with E-state index >= 15 is 0 Å². The van der Waals surface area contributed by atoms with E-state index in [4.69, 9.17) is 0 Å². The second-order valence-electron chi connectivity index (χ2n) is 5.17. The highest BCUT2D eigenvalue weighted by molar-refractivity contribution is 9.10. The number of ketones is 1. The molecule has 2 bridgehead atoms. The molecule has 0 spiro atoms. The molecule has 2 atom stereocenters. The van der Waals surface area contributed by atoms with Crippen molar-refractivity contribution in [1.29, 1.82) is 0 Å². The molecule has 2 fully saturated rings. The molecule has 2 unspecified atom stereocenters. The number of halogens is 1. The summed E-state index contributed by atoms with van der Waals surface area (Å²) in [4.78, 5) is 14.1. The van der Waals surface area contributed by atoms with E-state index in [1.54, 1.807) is 0 Å². The van der Waals surface area contributed by atoms with Gasteiger partial charge in [0.15, 0.2) is 0 Å². The van der Waals surface area contributed by atoms with E-state index in [1.807, 2.05) is 0 Å². The zero-order chi connectivity index (χ0) is 12.0. The highest BCUT2D eigenvalue weighted by atomic mass is 79.9. The first-order valence-corrected chi connectivity index (χ1v) is 7.00. The van der Waals surface area contributed by atoms with Crippen molar-refractivity contribution in [3.63, 3.8) is 0 Å². The molecule has 0 amide bonds. The molecule has 17 heavy (non-hydrogen) atoms. The molecule has 1 aromatic rings. The fourth-order valence-electron chi connectivity index (χ4n) is 3.27. The van der Waals surface area contributed by atoms with E-state index < -0.39 is 0 Å². The molecule has 2 nitrogen and oxygen atoms in total. The van der Waals surface area contributed by atoms with Crippen LogP contribution in [-0.4, -0.2) is 17.9 Å². The number of nitrogens with zero attached hydrogens (tertiary/aromatic N) is 1. The number of carbonyl (C=O) groups is 1. The number of Topliss-reactive ketones (excluding diaryl/α,β-unsaturated/α-hetero) is 1. The largest absolute Gasteiger partial charge is 0.364 e. The Morgan fingerprint density at radius 2 is 1.88 bits per heavy atom. The van der Waals surface area contributed by atoms with Gasteiger partial charge in [0.25, 0.3) is 0 Å². The number of aryl methyl sites for hydroxylation is 1. The minimum atomic E-state index is 0.445. The molecule has 0 radical (unpaired) electrons. The molecule has 3 rings (SSSR count). The monoisotopic (exact) mass is 293 g/mol. The summed E-state index contributed by atoms with van der Waals surface area (Å²) in [6, 6.07) is 7.33. The normalized spacial score (nSPS) is 27.6. The van der Waals surface area contributed by atoms with E-state index in [2.05, 4.69) is 46.0 Å². The summed E-state index contributed by atoms with van der Waals surface area (Å²) in [7, 11) is 0. The lowest BCUT2D eigenvalue weighted by molar-refractivity contribution is -0.120. The summed E-state index contributed by atoms with van der Waals surface area (Å²) in [5, 5.41) is 0. The van der Waals surface area contributed by atoms with Gasteiger partial charge in [-0.25, -0.2) is 0 Å². The van der Waals surface area contributed by atoms with Gasteiger partial charge in [-0.2, -0.15) is 0 Å². The van der Waals surface area contributed by atoms with Crippen LogP contribution in [0.4, 0.5) is 5.69 Å². The van der Waals surface area contributed by atoms with E-state index in [0.29, 0.717) is 17.9 Å². The standard InChI is InChI=1S/C14H16BrNO/c1-9-6-10(15)2-5-14(9)16-11-3-4-12(16)8-13(17)7-11/h2,5-6,11-12H,3-4,7-8H2,1H3. The lowest BCUT2D eigenvalue weighted by Crippen LogP contribution is -2.43. The Morgan fingerprint density at radius 3 is 2.47 bits per heavy atom. The number of fused-ring (bicyclic) bond motifs is 2. The third-order valence-corrected chi connectivity index (χ3v) is 4.48. The van der Waals surface area contributed by atoms with E-state index in [1.165, 1.54) is 24.1 Å². The molecule has 1 aromatic carbocycles. The molecular weight excluding hydrogens is 278 g/mol. The maximum Gasteiger partial charge on any atom is 0.137 e. The van der Waals surface area contributed by atoms with Crippen molar-refractivity contribution in [2.75, 3.05) is 4.90 Å². The summed E-state index contributed by atoms with van der Waals surface area (Å²) in [6.45, 7) is 2.15. The van der Waals surface area contributed by atoms with Crippen LogP contribution in [0.2, 0.25) is 0 Å².